The Morgan fingerprint density at radius 2 is 1.83 bits per heavy atom. The van der Waals surface area contributed by atoms with Gasteiger partial charge in [-0.15, -0.1) is 0 Å². The highest BCUT2D eigenvalue weighted by Crippen LogP contribution is 2.23. The Bertz CT molecular complexity index is 581. The summed E-state index contributed by atoms with van der Waals surface area (Å²) in [5.41, 5.74) is 2.00. The predicted octanol–water partition coefficient (Wildman–Crippen LogP) is 4.04. The van der Waals surface area contributed by atoms with E-state index in [4.69, 9.17) is 11.6 Å². The first-order valence-electron chi connectivity index (χ1n) is 5.39. The third-order valence-corrected chi connectivity index (χ3v) is 2.81. The summed E-state index contributed by atoms with van der Waals surface area (Å²) in [4.78, 5) is 11.9. The fourth-order valence-electron chi connectivity index (χ4n) is 1.49. The molecule has 2 nitrogen and oxygen atoms in total. The van der Waals surface area contributed by atoms with Crippen molar-refractivity contribution in [2.45, 2.75) is 6.92 Å². The lowest BCUT2D eigenvalue weighted by Crippen LogP contribution is -2.12. The van der Waals surface area contributed by atoms with E-state index in [9.17, 15) is 9.18 Å². The molecule has 92 valence electrons. The van der Waals surface area contributed by atoms with Crippen LogP contribution in [0.5, 0.6) is 0 Å². The van der Waals surface area contributed by atoms with E-state index < -0.39 is 5.82 Å². The van der Waals surface area contributed by atoms with Gasteiger partial charge in [0.1, 0.15) is 5.82 Å². The highest BCUT2D eigenvalue weighted by molar-refractivity contribution is 6.33. The second kappa shape index (κ2) is 5.19. The van der Waals surface area contributed by atoms with E-state index in [-0.39, 0.29) is 10.9 Å². The summed E-state index contributed by atoms with van der Waals surface area (Å²) in [6.45, 7) is 1.94. The van der Waals surface area contributed by atoms with Crippen LogP contribution in [0.4, 0.5) is 10.1 Å². The van der Waals surface area contributed by atoms with Crippen LogP contribution in [-0.2, 0) is 0 Å². The van der Waals surface area contributed by atoms with Crippen LogP contribution in [0.2, 0.25) is 5.02 Å². The molecular formula is C14H11ClFNO. The lowest BCUT2D eigenvalue weighted by atomic mass is 10.1. The standard InChI is InChI=1S/C14H11ClFNO/c1-9-2-4-10(5-3-9)14(18)17-13-7-6-11(16)8-12(13)15/h2-8H,1H3,(H,17,18). The molecule has 0 heterocycles. The van der Waals surface area contributed by atoms with Gasteiger partial charge in [0.25, 0.3) is 5.91 Å². The van der Waals surface area contributed by atoms with Gasteiger partial charge >= 0.3 is 0 Å². The number of rotatable bonds is 2. The maximum Gasteiger partial charge on any atom is 0.255 e. The molecule has 0 bridgehead atoms. The molecule has 1 amide bonds. The minimum absolute atomic E-state index is 0.176. The fraction of sp³-hybridized carbons (Fsp3) is 0.0714. The first-order chi connectivity index (χ1) is 8.56. The molecular weight excluding hydrogens is 253 g/mol. The molecule has 0 spiro atoms. The number of hydrogen-bond acceptors (Lipinski definition) is 1. The summed E-state index contributed by atoms with van der Waals surface area (Å²) in [5, 5.41) is 2.81. The number of halogens is 2. The van der Waals surface area contributed by atoms with Gasteiger partial charge in [0, 0.05) is 5.56 Å². The average molecular weight is 264 g/mol. The maximum absolute atomic E-state index is 12.9. The summed E-state index contributed by atoms with van der Waals surface area (Å²) in [6.07, 6.45) is 0. The third-order valence-electron chi connectivity index (χ3n) is 2.49. The minimum atomic E-state index is -0.437. The van der Waals surface area contributed by atoms with Crippen LogP contribution in [0.1, 0.15) is 15.9 Å². The Morgan fingerprint density at radius 3 is 2.44 bits per heavy atom. The smallest absolute Gasteiger partial charge is 0.255 e. The number of carbonyl (C=O) groups is 1. The molecule has 0 radical (unpaired) electrons. The molecule has 2 rings (SSSR count). The SMILES string of the molecule is Cc1ccc(C(=O)Nc2ccc(F)cc2Cl)cc1. The molecule has 0 fully saturated rings. The first kappa shape index (κ1) is 12.6. The number of carbonyl (C=O) groups excluding carboxylic acids is 1. The Hall–Kier alpha value is -1.87. The molecule has 2 aromatic carbocycles. The monoisotopic (exact) mass is 263 g/mol. The molecule has 1 N–H and O–H groups in total. The molecule has 0 aromatic heterocycles. The van der Waals surface area contributed by atoms with Gasteiger partial charge in [-0.1, -0.05) is 29.3 Å². The van der Waals surface area contributed by atoms with Gasteiger partial charge < -0.3 is 5.32 Å². The number of hydrogen-bond donors (Lipinski definition) is 1. The average Bonchev–Trinajstić information content (AvgIpc) is 2.33. The van der Waals surface area contributed by atoms with Crippen molar-refractivity contribution >= 4 is 23.2 Å². The van der Waals surface area contributed by atoms with Crippen molar-refractivity contribution in [3.8, 4) is 0 Å². The van der Waals surface area contributed by atoms with Crippen molar-refractivity contribution in [1.82, 2.24) is 0 Å². The van der Waals surface area contributed by atoms with E-state index in [1.807, 2.05) is 19.1 Å². The Labute approximate surface area is 109 Å². The zero-order valence-corrected chi connectivity index (χ0v) is 10.5. The summed E-state index contributed by atoms with van der Waals surface area (Å²) in [5.74, 6) is -0.711. The zero-order valence-electron chi connectivity index (χ0n) is 9.71. The number of amides is 1. The molecule has 2 aromatic rings. The first-order valence-corrected chi connectivity index (χ1v) is 5.77. The van der Waals surface area contributed by atoms with Gasteiger partial charge in [-0.25, -0.2) is 4.39 Å². The van der Waals surface area contributed by atoms with Crippen molar-refractivity contribution in [3.05, 3.63) is 64.4 Å². The van der Waals surface area contributed by atoms with Gasteiger partial charge in [-0.3, -0.25) is 4.79 Å². The number of benzene rings is 2. The van der Waals surface area contributed by atoms with Crippen LogP contribution in [-0.4, -0.2) is 5.91 Å². The van der Waals surface area contributed by atoms with Crippen molar-refractivity contribution in [1.29, 1.82) is 0 Å². The van der Waals surface area contributed by atoms with E-state index in [1.54, 1.807) is 12.1 Å². The predicted molar refractivity (Wildman–Crippen MR) is 70.5 cm³/mol. The highest BCUT2D eigenvalue weighted by atomic mass is 35.5. The lowest BCUT2D eigenvalue weighted by molar-refractivity contribution is 0.102. The van der Waals surface area contributed by atoms with Crippen LogP contribution >= 0.6 is 11.6 Å². The Morgan fingerprint density at radius 1 is 1.17 bits per heavy atom. The normalized spacial score (nSPS) is 10.2. The van der Waals surface area contributed by atoms with E-state index in [0.29, 0.717) is 11.3 Å². The molecule has 0 atom stereocenters. The van der Waals surface area contributed by atoms with E-state index in [1.165, 1.54) is 12.1 Å². The molecule has 0 saturated carbocycles. The number of anilines is 1. The van der Waals surface area contributed by atoms with Crippen LogP contribution < -0.4 is 5.32 Å². The van der Waals surface area contributed by atoms with Crippen molar-refractivity contribution in [2.75, 3.05) is 5.32 Å². The zero-order chi connectivity index (χ0) is 13.1. The van der Waals surface area contributed by atoms with E-state index in [0.717, 1.165) is 11.6 Å². The second-order valence-corrected chi connectivity index (χ2v) is 4.35. The van der Waals surface area contributed by atoms with Crippen molar-refractivity contribution < 1.29 is 9.18 Å². The third kappa shape index (κ3) is 2.87. The second-order valence-electron chi connectivity index (χ2n) is 3.94. The topological polar surface area (TPSA) is 29.1 Å². The summed E-state index contributed by atoms with van der Waals surface area (Å²) in [6, 6.07) is 11.0. The molecule has 0 aliphatic heterocycles. The molecule has 4 heteroatoms. The van der Waals surface area contributed by atoms with Gasteiger partial charge in [0.2, 0.25) is 0 Å². The van der Waals surface area contributed by atoms with Gasteiger partial charge in [-0.05, 0) is 37.3 Å². The molecule has 0 aliphatic rings. The number of aryl methyl sites for hydroxylation is 1. The minimum Gasteiger partial charge on any atom is -0.321 e. The van der Waals surface area contributed by atoms with E-state index >= 15 is 0 Å². The fourth-order valence-corrected chi connectivity index (χ4v) is 1.70. The summed E-state index contributed by atoms with van der Waals surface area (Å²) in [7, 11) is 0. The summed E-state index contributed by atoms with van der Waals surface area (Å²) >= 11 is 5.83. The molecule has 18 heavy (non-hydrogen) atoms. The van der Waals surface area contributed by atoms with Crippen LogP contribution in [0.25, 0.3) is 0 Å². The molecule has 0 aliphatic carbocycles. The lowest BCUT2D eigenvalue weighted by Gasteiger charge is -2.07. The molecule has 0 saturated heterocycles. The Kier molecular flexibility index (Phi) is 3.63. The van der Waals surface area contributed by atoms with Gasteiger partial charge in [0.15, 0.2) is 0 Å². The summed E-state index contributed by atoms with van der Waals surface area (Å²) < 4.78 is 12.9. The maximum atomic E-state index is 12.9. The quantitative estimate of drug-likeness (QED) is 0.870. The van der Waals surface area contributed by atoms with Gasteiger partial charge in [0.05, 0.1) is 10.7 Å². The van der Waals surface area contributed by atoms with E-state index in [2.05, 4.69) is 5.32 Å². The van der Waals surface area contributed by atoms with Crippen molar-refractivity contribution in [3.63, 3.8) is 0 Å². The largest absolute Gasteiger partial charge is 0.321 e. The Balaban J connectivity index is 2.18. The van der Waals surface area contributed by atoms with Crippen LogP contribution in [0, 0.1) is 12.7 Å². The highest BCUT2D eigenvalue weighted by Gasteiger charge is 2.08. The van der Waals surface area contributed by atoms with Crippen molar-refractivity contribution in [2.24, 2.45) is 0 Å². The molecule has 0 unspecified atom stereocenters. The van der Waals surface area contributed by atoms with Crippen LogP contribution in [0.15, 0.2) is 42.5 Å². The number of nitrogens with one attached hydrogen (secondary N) is 1. The van der Waals surface area contributed by atoms with Gasteiger partial charge in [-0.2, -0.15) is 0 Å². The van der Waals surface area contributed by atoms with Crippen LogP contribution in [0.3, 0.4) is 0 Å².